The molecule has 1 aromatic carbocycles. The van der Waals surface area contributed by atoms with Gasteiger partial charge in [0.1, 0.15) is 0 Å². The van der Waals surface area contributed by atoms with Crippen LogP contribution in [0.15, 0.2) is 36.4 Å². The number of carbonyl (C=O) groups is 1. The zero-order valence-corrected chi connectivity index (χ0v) is 7.95. The van der Waals surface area contributed by atoms with Crippen molar-refractivity contribution in [3.63, 3.8) is 0 Å². The van der Waals surface area contributed by atoms with Gasteiger partial charge in [-0.1, -0.05) is 30.3 Å². The topological polar surface area (TPSA) is 32.9 Å². The summed E-state index contributed by atoms with van der Waals surface area (Å²) in [6, 6.07) is 11.9. The molecule has 2 rings (SSSR count). The standard InChI is InChI=1S/C12H11NO/c1-9-7-11(13-12(9)8-14)10-5-3-2-4-6-10/h2-8,13H,1H3. The number of carbonyl (C=O) groups excluding carboxylic acids is 1. The zero-order valence-electron chi connectivity index (χ0n) is 7.95. The Hall–Kier alpha value is -1.83. The second-order valence-electron chi connectivity index (χ2n) is 3.26. The maximum Gasteiger partial charge on any atom is 0.166 e. The predicted octanol–water partition coefficient (Wildman–Crippen LogP) is 2.80. The Kier molecular flexibility index (Phi) is 2.19. The SMILES string of the molecule is Cc1cc(-c2ccccc2)[nH]c1C=O. The van der Waals surface area contributed by atoms with E-state index in [-0.39, 0.29) is 0 Å². The Morgan fingerprint density at radius 2 is 1.93 bits per heavy atom. The van der Waals surface area contributed by atoms with Crippen LogP contribution in [0.3, 0.4) is 0 Å². The van der Waals surface area contributed by atoms with Gasteiger partial charge in [0.05, 0.1) is 5.69 Å². The van der Waals surface area contributed by atoms with Gasteiger partial charge in [0.25, 0.3) is 0 Å². The highest BCUT2D eigenvalue weighted by Gasteiger charge is 2.04. The van der Waals surface area contributed by atoms with Gasteiger partial charge >= 0.3 is 0 Å². The molecule has 0 aliphatic heterocycles. The Bertz CT molecular complexity index is 443. The zero-order chi connectivity index (χ0) is 9.97. The number of hydrogen-bond acceptors (Lipinski definition) is 1. The van der Waals surface area contributed by atoms with E-state index in [1.165, 1.54) is 0 Å². The summed E-state index contributed by atoms with van der Waals surface area (Å²) in [7, 11) is 0. The van der Waals surface area contributed by atoms with E-state index in [1.54, 1.807) is 0 Å². The van der Waals surface area contributed by atoms with Crippen molar-refractivity contribution >= 4 is 6.29 Å². The van der Waals surface area contributed by atoms with Gasteiger partial charge in [0, 0.05) is 5.69 Å². The summed E-state index contributed by atoms with van der Waals surface area (Å²) in [5.74, 6) is 0. The van der Waals surface area contributed by atoms with E-state index in [9.17, 15) is 4.79 Å². The minimum absolute atomic E-state index is 0.656. The number of aromatic nitrogens is 1. The van der Waals surface area contributed by atoms with Crippen LogP contribution in [0.5, 0.6) is 0 Å². The summed E-state index contributed by atoms with van der Waals surface area (Å²) in [5.41, 5.74) is 3.73. The third-order valence-corrected chi connectivity index (χ3v) is 2.26. The molecule has 0 saturated heterocycles. The molecule has 2 nitrogen and oxygen atoms in total. The first-order chi connectivity index (χ1) is 6.81. The van der Waals surface area contributed by atoms with E-state index in [2.05, 4.69) is 4.98 Å². The summed E-state index contributed by atoms with van der Waals surface area (Å²) in [6.07, 6.45) is 0.849. The second kappa shape index (κ2) is 3.50. The molecule has 1 heterocycles. The lowest BCUT2D eigenvalue weighted by Crippen LogP contribution is -1.81. The van der Waals surface area contributed by atoms with Gasteiger partial charge in [0.2, 0.25) is 0 Å². The average Bonchev–Trinajstić information content (AvgIpc) is 2.61. The molecule has 1 aromatic heterocycles. The van der Waals surface area contributed by atoms with Crippen molar-refractivity contribution in [3.05, 3.63) is 47.7 Å². The van der Waals surface area contributed by atoms with Crippen LogP contribution in [0.2, 0.25) is 0 Å². The summed E-state index contributed by atoms with van der Waals surface area (Å²) in [6.45, 7) is 1.92. The summed E-state index contributed by atoms with van der Waals surface area (Å²) < 4.78 is 0. The predicted molar refractivity (Wildman–Crippen MR) is 56.4 cm³/mol. The maximum absolute atomic E-state index is 10.6. The highest BCUT2D eigenvalue weighted by Crippen LogP contribution is 2.20. The smallest absolute Gasteiger partial charge is 0.166 e. The molecule has 0 spiro atoms. The lowest BCUT2D eigenvalue weighted by Gasteiger charge is -1.95. The second-order valence-corrected chi connectivity index (χ2v) is 3.26. The number of rotatable bonds is 2. The van der Waals surface area contributed by atoms with Crippen molar-refractivity contribution in [1.82, 2.24) is 4.98 Å². The molecular weight excluding hydrogens is 174 g/mol. The van der Waals surface area contributed by atoms with Crippen molar-refractivity contribution in [2.24, 2.45) is 0 Å². The molecule has 0 aliphatic carbocycles. The molecule has 0 amide bonds. The van der Waals surface area contributed by atoms with Crippen molar-refractivity contribution in [1.29, 1.82) is 0 Å². The fourth-order valence-electron chi connectivity index (χ4n) is 1.47. The van der Waals surface area contributed by atoms with Crippen LogP contribution in [0.4, 0.5) is 0 Å². The summed E-state index contributed by atoms with van der Waals surface area (Å²) >= 11 is 0. The third-order valence-electron chi connectivity index (χ3n) is 2.26. The molecule has 2 heteroatoms. The van der Waals surface area contributed by atoms with Crippen molar-refractivity contribution < 1.29 is 4.79 Å². The van der Waals surface area contributed by atoms with Crippen LogP contribution in [0.25, 0.3) is 11.3 Å². The molecular formula is C12H11NO. The van der Waals surface area contributed by atoms with Crippen LogP contribution < -0.4 is 0 Å². The maximum atomic E-state index is 10.6. The molecule has 70 valence electrons. The monoisotopic (exact) mass is 185 g/mol. The molecule has 0 bridgehead atoms. The molecule has 2 aromatic rings. The van der Waals surface area contributed by atoms with Crippen LogP contribution in [0, 0.1) is 6.92 Å². The van der Waals surface area contributed by atoms with E-state index in [4.69, 9.17) is 0 Å². The number of hydrogen-bond donors (Lipinski definition) is 1. The van der Waals surface area contributed by atoms with Gasteiger partial charge in [-0.25, -0.2) is 0 Å². The Balaban J connectivity index is 2.48. The lowest BCUT2D eigenvalue weighted by molar-refractivity contribution is 0.111. The summed E-state index contributed by atoms with van der Waals surface area (Å²) in [4.78, 5) is 13.7. The first-order valence-corrected chi connectivity index (χ1v) is 4.51. The Morgan fingerprint density at radius 1 is 1.21 bits per heavy atom. The van der Waals surface area contributed by atoms with Crippen molar-refractivity contribution in [3.8, 4) is 11.3 Å². The fourth-order valence-corrected chi connectivity index (χ4v) is 1.47. The van der Waals surface area contributed by atoms with Crippen LogP contribution in [0.1, 0.15) is 16.1 Å². The Morgan fingerprint density at radius 3 is 2.50 bits per heavy atom. The van der Waals surface area contributed by atoms with Crippen molar-refractivity contribution in [2.75, 3.05) is 0 Å². The molecule has 0 fully saturated rings. The fraction of sp³-hybridized carbons (Fsp3) is 0.0833. The number of aromatic amines is 1. The molecule has 0 unspecified atom stereocenters. The van der Waals surface area contributed by atoms with E-state index >= 15 is 0 Å². The highest BCUT2D eigenvalue weighted by molar-refractivity contribution is 5.77. The number of benzene rings is 1. The van der Waals surface area contributed by atoms with Gasteiger partial charge in [-0.3, -0.25) is 4.79 Å². The molecule has 0 aliphatic rings. The minimum atomic E-state index is 0.656. The number of H-pyrrole nitrogens is 1. The molecule has 0 radical (unpaired) electrons. The van der Waals surface area contributed by atoms with Gasteiger partial charge in [-0.2, -0.15) is 0 Å². The molecule has 14 heavy (non-hydrogen) atoms. The summed E-state index contributed by atoms with van der Waals surface area (Å²) in [5, 5.41) is 0. The van der Waals surface area contributed by atoms with E-state index in [0.29, 0.717) is 5.69 Å². The van der Waals surface area contributed by atoms with Gasteiger partial charge in [-0.15, -0.1) is 0 Å². The van der Waals surface area contributed by atoms with Crippen LogP contribution >= 0.6 is 0 Å². The van der Waals surface area contributed by atoms with Gasteiger partial charge in [0.15, 0.2) is 6.29 Å². The van der Waals surface area contributed by atoms with Gasteiger partial charge in [-0.05, 0) is 24.1 Å². The molecule has 0 atom stereocenters. The largest absolute Gasteiger partial charge is 0.352 e. The van der Waals surface area contributed by atoms with E-state index < -0.39 is 0 Å². The first-order valence-electron chi connectivity index (χ1n) is 4.51. The normalized spacial score (nSPS) is 10.1. The highest BCUT2D eigenvalue weighted by atomic mass is 16.1. The first kappa shape index (κ1) is 8.75. The lowest BCUT2D eigenvalue weighted by atomic mass is 10.1. The third kappa shape index (κ3) is 1.46. The van der Waals surface area contributed by atoms with Crippen LogP contribution in [-0.4, -0.2) is 11.3 Å². The molecule has 1 N–H and O–H groups in total. The quantitative estimate of drug-likeness (QED) is 0.717. The number of nitrogens with one attached hydrogen (secondary N) is 1. The van der Waals surface area contributed by atoms with Gasteiger partial charge < -0.3 is 4.98 Å². The van der Waals surface area contributed by atoms with E-state index in [1.807, 2.05) is 43.3 Å². The van der Waals surface area contributed by atoms with E-state index in [0.717, 1.165) is 23.1 Å². The van der Waals surface area contributed by atoms with Crippen LogP contribution in [-0.2, 0) is 0 Å². The minimum Gasteiger partial charge on any atom is -0.352 e. The number of aldehydes is 1. The number of aryl methyl sites for hydroxylation is 1. The Labute approximate surface area is 82.6 Å². The molecule has 0 saturated carbocycles. The van der Waals surface area contributed by atoms with Crippen molar-refractivity contribution in [2.45, 2.75) is 6.92 Å². The average molecular weight is 185 g/mol.